The van der Waals surface area contributed by atoms with Crippen molar-refractivity contribution >= 4 is 15.9 Å². The summed E-state index contributed by atoms with van der Waals surface area (Å²) in [4.78, 5) is 8.66. The Balaban J connectivity index is 1.36. The molecule has 0 fully saturated rings. The summed E-state index contributed by atoms with van der Waals surface area (Å²) in [5, 5.41) is 7.12. The van der Waals surface area contributed by atoms with Gasteiger partial charge in [0.2, 0.25) is 0 Å². The van der Waals surface area contributed by atoms with E-state index in [1.165, 1.54) is 28.2 Å². The molecule has 2 aromatic rings. The first-order valence-corrected chi connectivity index (χ1v) is 9.71. The Hall–Kier alpha value is -1.88. The van der Waals surface area contributed by atoms with Crippen molar-refractivity contribution in [2.75, 3.05) is 6.54 Å². The van der Waals surface area contributed by atoms with Crippen LogP contribution in [-0.4, -0.2) is 16.5 Å². The SMILES string of the molecule is Cc1cc(Br)cnc1CCCCNC1=C(NCc2cccnc2)CC1. The summed E-state index contributed by atoms with van der Waals surface area (Å²) in [7, 11) is 0. The molecule has 0 bridgehead atoms. The summed E-state index contributed by atoms with van der Waals surface area (Å²) in [6.07, 6.45) is 11.3. The minimum atomic E-state index is 0.850. The van der Waals surface area contributed by atoms with E-state index in [-0.39, 0.29) is 0 Å². The third-order valence-electron chi connectivity index (χ3n) is 4.55. The second-order valence-electron chi connectivity index (χ2n) is 6.47. The van der Waals surface area contributed by atoms with Crippen molar-refractivity contribution in [3.05, 3.63) is 69.5 Å². The second-order valence-corrected chi connectivity index (χ2v) is 7.39. The molecule has 1 aliphatic rings. The molecule has 25 heavy (non-hydrogen) atoms. The molecule has 2 heterocycles. The number of hydrogen-bond acceptors (Lipinski definition) is 4. The summed E-state index contributed by atoms with van der Waals surface area (Å²) in [6.45, 7) is 4.01. The quantitative estimate of drug-likeness (QED) is 0.617. The van der Waals surface area contributed by atoms with Gasteiger partial charge in [-0.3, -0.25) is 9.97 Å². The maximum atomic E-state index is 4.51. The van der Waals surface area contributed by atoms with E-state index in [2.05, 4.69) is 55.6 Å². The molecular formula is C20H25BrN4. The molecule has 0 radical (unpaired) electrons. The lowest BCUT2D eigenvalue weighted by atomic mass is 10.00. The van der Waals surface area contributed by atoms with Gasteiger partial charge in [-0.2, -0.15) is 0 Å². The van der Waals surface area contributed by atoms with Crippen LogP contribution in [0.3, 0.4) is 0 Å². The lowest BCUT2D eigenvalue weighted by Gasteiger charge is -2.26. The van der Waals surface area contributed by atoms with Crippen LogP contribution in [0.25, 0.3) is 0 Å². The number of unbranched alkanes of at least 4 members (excludes halogenated alkanes) is 1. The van der Waals surface area contributed by atoms with Crippen molar-refractivity contribution in [1.29, 1.82) is 0 Å². The van der Waals surface area contributed by atoms with E-state index < -0.39 is 0 Å². The van der Waals surface area contributed by atoms with Gasteiger partial charge in [-0.25, -0.2) is 0 Å². The van der Waals surface area contributed by atoms with E-state index in [9.17, 15) is 0 Å². The van der Waals surface area contributed by atoms with E-state index >= 15 is 0 Å². The third kappa shape index (κ3) is 5.30. The summed E-state index contributed by atoms with van der Waals surface area (Å²) in [6, 6.07) is 6.22. The van der Waals surface area contributed by atoms with Crippen LogP contribution in [0.1, 0.15) is 42.5 Å². The smallest absolute Gasteiger partial charge is 0.0433 e. The van der Waals surface area contributed by atoms with Crippen molar-refractivity contribution in [2.45, 2.75) is 45.6 Å². The number of nitrogens with zero attached hydrogens (tertiary/aromatic N) is 2. The van der Waals surface area contributed by atoms with E-state index in [0.717, 1.165) is 49.7 Å². The van der Waals surface area contributed by atoms with Crippen LogP contribution in [0.15, 0.2) is 52.7 Å². The Labute approximate surface area is 158 Å². The summed E-state index contributed by atoms with van der Waals surface area (Å²) in [5.74, 6) is 0. The number of pyridine rings is 2. The fourth-order valence-electron chi connectivity index (χ4n) is 2.96. The molecule has 1 aliphatic carbocycles. The maximum Gasteiger partial charge on any atom is 0.0433 e. The molecule has 0 spiro atoms. The highest BCUT2D eigenvalue weighted by Gasteiger charge is 2.16. The van der Waals surface area contributed by atoms with Crippen molar-refractivity contribution < 1.29 is 0 Å². The first-order chi connectivity index (χ1) is 12.2. The van der Waals surface area contributed by atoms with Crippen molar-refractivity contribution in [2.24, 2.45) is 0 Å². The molecule has 0 aromatic carbocycles. The van der Waals surface area contributed by atoms with Gasteiger partial charge in [0.25, 0.3) is 0 Å². The summed E-state index contributed by atoms with van der Waals surface area (Å²) in [5.41, 5.74) is 6.44. The second kappa shape index (κ2) is 8.99. The predicted molar refractivity (Wildman–Crippen MR) is 105 cm³/mol. The number of nitrogens with one attached hydrogen (secondary N) is 2. The van der Waals surface area contributed by atoms with Gasteiger partial charge >= 0.3 is 0 Å². The summed E-state index contributed by atoms with van der Waals surface area (Å²) >= 11 is 3.47. The molecule has 0 saturated heterocycles. The number of rotatable bonds is 9. The van der Waals surface area contributed by atoms with Crippen LogP contribution < -0.4 is 10.6 Å². The highest BCUT2D eigenvalue weighted by Crippen LogP contribution is 2.23. The van der Waals surface area contributed by atoms with Crippen LogP contribution in [0.2, 0.25) is 0 Å². The standard InChI is InChI=1S/C20H25BrN4/c1-15-11-17(21)14-25-18(15)6-2-3-10-23-19-7-8-20(19)24-13-16-5-4-9-22-12-16/h4-5,9,11-12,14,23-24H,2-3,6-8,10,13H2,1H3. The van der Waals surface area contributed by atoms with Gasteiger partial charge < -0.3 is 10.6 Å². The van der Waals surface area contributed by atoms with Gasteiger partial charge in [-0.15, -0.1) is 0 Å². The largest absolute Gasteiger partial charge is 0.387 e. The molecule has 5 heteroatoms. The first-order valence-electron chi connectivity index (χ1n) is 8.92. The highest BCUT2D eigenvalue weighted by molar-refractivity contribution is 9.10. The van der Waals surface area contributed by atoms with Crippen molar-refractivity contribution in [1.82, 2.24) is 20.6 Å². The average molecular weight is 401 g/mol. The molecule has 0 unspecified atom stereocenters. The van der Waals surface area contributed by atoms with Crippen LogP contribution in [0.5, 0.6) is 0 Å². The summed E-state index contributed by atoms with van der Waals surface area (Å²) < 4.78 is 1.05. The molecule has 0 amide bonds. The number of aromatic nitrogens is 2. The maximum absolute atomic E-state index is 4.51. The minimum Gasteiger partial charge on any atom is -0.387 e. The molecule has 3 rings (SSSR count). The van der Waals surface area contributed by atoms with E-state index in [1.54, 1.807) is 0 Å². The Kier molecular flexibility index (Phi) is 6.45. The molecule has 2 aromatic heterocycles. The van der Waals surface area contributed by atoms with Gasteiger partial charge in [0, 0.05) is 53.2 Å². The fraction of sp³-hybridized carbons (Fsp3) is 0.400. The normalized spacial score (nSPS) is 13.5. The van der Waals surface area contributed by atoms with E-state index in [4.69, 9.17) is 0 Å². The monoisotopic (exact) mass is 400 g/mol. The number of allylic oxidation sites excluding steroid dienone is 2. The molecule has 0 aliphatic heterocycles. The van der Waals surface area contributed by atoms with E-state index in [0.29, 0.717) is 0 Å². The Morgan fingerprint density at radius 3 is 2.68 bits per heavy atom. The number of hydrogen-bond donors (Lipinski definition) is 2. The van der Waals surface area contributed by atoms with Gasteiger partial charge in [0.05, 0.1) is 0 Å². The average Bonchev–Trinajstić information content (AvgIpc) is 2.59. The van der Waals surface area contributed by atoms with Crippen LogP contribution in [0, 0.1) is 6.92 Å². The first kappa shape index (κ1) is 17.9. The fourth-order valence-corrected chi connectivity index (χ4v) is 3.41. The zero-order valence-corrected chi connectivity index (χ0v) is 16.3. The van der Waals surface area contributed by atoms with Gasteiger partial charge in [-0.1, -0.05) is 6.07 Å². The van der Waals surface area contributed by atoms with Gasteiger partial charge in [0.1, 0.15) is 0 Å². The third-order valence-corrected chi connectivity index (χ3v) is 4.98. The van der Waals surface area contributed by atoms with Crippen molar-refractivity contribution in [3.8, 4) is 0 Å². The predicted octanol–water partition coefficient (Wildman–Crippen LogP) is 4.26. The molecule has 4 nitrogen and oxygen atoms in total. The molecule has 132 valence electrons. The zero-order valence-electron chi connectivity index (χ0n) is 14.7. The van der Waals surface area contributed by atoms with Gasteiger partial charge in [0.15, 0.2) is 0 Å². The Morgan fingerprint density at radius 2 is 1.96 bits per heavy atom. The lowest BCUT2D eigenvalue weighted by molar-refractivity contribution is 0.576. The highest BCUT2D eigenvalue weighted by atomic mass is 79.9. The molecule has 0 atom stereocenters. The van der Waals surface area contributed by atoms with Crippen LogP contribution in [-0.2, 0) is 13.0 Å². The van der Waals surface area contributed by atoms with Crippen molar-refractivity contribution in [3.63, 3.8) is 0 Å². The van der Waals surface area contributed by atoms with Crippen LogP contribution in [0.4, 0.5) is 0 Å². The van der Waals surface area contributed by atoms with Gasteiger partial charge in [-0.05, 0) is 78.2 Å². The zero-order chi connectivity index (χ0) is 17.5. The number of aryl methyl sites for hydroxylation is 2. The Bertz CT molecular complexity index is 728. The molecule has 2 N–H and O–H groups in total. The van der Waals surface area contributed by atoms with E-state index in [1.807, 2.05) is 24.7 Å². The van der Waals surface area contributed by atoms with Crippen LogP contribution >= 0.6 is 15.9 Å². The minimum absolute atomic E-state index is 0.850. The lowest BCUT2D eigenvalue weighted by Crippen LogP contribution is -2.29. The Morgan fingerprint density at radius 1 is 1.12 bits per heavy atom. The molecular weight excluding hydrogens is 376 g/mol. The molecule has 0 saturated carbocycles. The topological polar surface area (TPSA) is 49.8 Å². The number of halogens is 1.